The first kappa shape index (κ1) is 13.9. The Balaban J connectivity index is 2.34. The molecular weight excluding hydrogens is 200 g/mol. The molecule has 0 radical (unpaired) electrons. The summed E-state index contributed by atoms with van der Waals surface area (Å²) in [6, 6.07) is 0.432. The first-order valence-electron chi connectivity index (χ1n) is 6.72. The lowest BCUT2D eigenvalue weighted by Gasteiger charge is -2.36. The van der Waals surface area contributed by atoms with Gasteiger partial charge in [-0.15, -0.1) is 0 Å². The lowest BCUT2D eigenvalue weighted by Crippen LogP contribution is -2.44. The Labute approximate surface area is 100 Å². The van der Waals surface area contributed by atoms with Gasteiger partial charge in [-0.1, -0.05) is 20.3 Å². The van der Waals surface area contributed by atoms with Crippen LogP contribution in [0.15, 0.2) is 0 Å². The van der Waals surface area contributed by atoms with Crippen LogP contribution in [0.25, 0.3) is 0 Å². The highest BCUT2D eigenvalue weighted by Crippen LogP contribution is 2.35. The van der Waals surface area contributed by atoms with Gasteiger partial charge < -0.3 is 4.74 Å². The smallest absolute Gasteiger partial charge is 0.0481 e. The molecule has 1 aliphatic rings. The zero-order valence-corrected chi connectivity index (χ0v) is 11.0. The third kappa shape index (κ3) is 4.04. The van der Waals surface area contributed by atoms with E-state index in [1.807, 2.05) is 6.92 Å². The molecule has 0 amide bonds. The van der Waals surface area contributed by atoms with Crippen molar-refractivity contribution >= 4 is 0 Å². The maximum atomic E-state index is 5.66. The maximum absolute atomic E-state index is 5.66. The van der Waals surface area contributed by atoms with Crippen LogP contribution in [-0.4, -0.2) is 19.3 Å². The number of ether oxygens (including phenoxy) is 1. The van der Waals surface area contributed by atoms with E-state index in [1.165, 1.54) is 19.3 Å². The Kier molecular flexibility index (Phi) is 6.32. The molecule has 4 atom stereocenters. The molecule has 1 fully saturated rings. The van der Waals surface area contributed by atoms with Crippen molar-refractivity contribution in [1.29, 1.82) is 0 Å². The summed E-state index contributed by atoms with van der Waals surface area (Å²) in [7, 11) is 0. The summed E-state index contributed by atoms with van der Waals surface area (Å²) in [4.78, 5) is 0. The van der Waals surface area contributed by atoms with E-state index in [9.17, 15) is 0 Å². The number of nitrogens with two attached hydrogens (primary N) is 1. The van der Waals surface area contributed by atoms with E-state index < -0.39 is 0 Å². The molecule has 1 aliphatic carbocycles. The Morgan fingerprint density at radius 1 is 1.31 bits per heavy atom. The van der Waals surface area contributed by atoms with Gasteiger partial charge in [0.05, 0.1) is 0 Å². The lowest BCUT2D eigenvalue weighted by molar-refractivity contribution is 0.110. The molecule has 1 saturated carbocycles. The van der Waals surface area contributed by atoms with Crippen LogP contribution in [0.2, 0.25) is 0 Å². The number of hydrogen-bond acceptors (Lipinski definition) is 3. The van der Waals surface area contributed by atoms with E-state index in [0.29, 0.717) is 6.04 Å². The lowest BCUT2D eigenvalue weighted by atomic mass is 9.73. The van der Waals surface area contributed by atoms with Gasteiger partial charge in [0, 0.05) is 19.3 Å². The summed E-state index contributed by atoms with van der Waals surface area (Å²) in [6.45, 7) is 8.40. The van der Waals surface area contributed by atoms with Crippen LogP contribution in [0, 0.1) is 17.8 Å². The van der Waals surface area contributed by atoms with Gasteiger partial charge >= 0.3 is 0 Å². The monoisotopic (exact) mass is 228 g/mol. The molecule has 4 unspecified atom stereocenters. The standard InChI is InChI=1S/C13H28N2O/c1-4-16-8-7-13(15-14)12-6-5-10(2)11(3)9-12/h10-13,15H,4-9,14H2,1-3H3. The average Bonchev–Trinajstić information content (AvgIpc) is 2.29. The Bertz CT molecular complexity index is 187. The molecule has 0 aromatic heterocycles. The maximum Gasteiger partial charge on any atom is 0.0481 e. The molecule has 96 valence electrons. The van der Waals surface area contributed by atoms with Crippen molar-refractivity contribution in [2.75, 3.05) is 13.2 Å². The fraction of sp³-hybridized carbons (Fsp3) is 1.00. The largest absolute Gasteiger partial charge is 0.382 e. The summed E-state index contributed by atoms with van der Waals surface area (Å²) in [5.41, 5.74) is 2.99. The van der Waals surface area contributed by atoms with E-state index in [4.69, 9.17) is 10.6 Å². The highest BCUT2D eigenvalue weighted by Gasteiger charge is 2.29. The molecule has 0 bridgehead atoms. The van der Waals surface area contributed by atoms with Crippen molar-refractivity contribution in [2.24, 2.45) is 23.6 Å². The van der Waals surface area contributed by atoms with Gasteiger partial charge in [0.25, 0.3) is 0 Å². The third-order valence-electron chi connectivity index (χ3n) is 4.20. The van der Waals surface area contributed by atoms with Crippen molar-refractivity contribution in [2.45, 2.75) is 52.5 Å². The van der Waals surface area contributed by atoms with Crippen molar-refractivity contribution in [1.82, 2.24) is 5.43 Å². The molecule has 0 spiro atoms. The number of hydrogen-bond donors (Lipinski definition) is 2. The molecule has 3 N–H and O–H groups in total. The number of hydrazine groups is 1. The summed E-state index contributed by atoms with van der Waals surface area (Å²) in [6.07, 6.45) is 5.00. The molecule has 1 rings (SSSR count). The predicted molar refractivity (Wildman–Crippen MR) is 67.9 cm³/mol. The van der Waals surface area contributed by atoms with E-state index in [2.05, 4.69) is 19.3 Å². The molecule has 3 heteroatoms. The summed E-state index contributed by atoms with van der Waals surface area (Å²) in [5, 5.41) is 0. The van der Waals surface area contributed by atoms with Gasteiger partial charge in [0.1, 0.15) is 0 Å². The van der Waals surface area contributed by atoms with Gasteiger partial charge in [-0.2, -0.15) is 0 Å². The summed E-state index contributed by atoms with van der Waals surface area (Å²) < 4.78 is 5.41. The van der Waals surface area contributed by atoms with Crippen molar-refractivity contribution in [3.05, 3.63) is 0 Å². The predicted octanol–water partition coefficient (Wildman–Crippen LogP) is 2.32. The van der Waals surface area contributed by atoms with E-state index in [-0.39, 0.29) is 0 Å². The Morgan fingerprint density at radius 3 is 2.62 bits per heavy atom. The topological polar surface area (TPSA) is 47.3 Å². The number of rotatable bonds is 6. The first-order valence-corrected chi connectivity index (χ1v) is 6.72. The zero-order chi connectivity index (χ0) is 12.0. The fourth-order valence-corrected chi connectivity index (χ4v) is 2.76. The molecular formula is C13H28N2O. The Morgan fingerprint density at radius 2 is 2.06 bits per heavy atom. The number of nitrogens with one attached hydrogen (secondary N) is 1. The van der Waals surface area contributed by atoms with Crippen LogP contribution in [0.4, 0.5) is 0 Å². The minimum atomic E-state index is 0.432. The van der Waals surface area contributed by atoms with Crippen molar-refractivity contribution in [3.63, 3.8) is 0 Å². The summed E-state index contributed by atoms with van der Waals surface area (Å²) in [5.74, 6) is 8.10. The normalized spacial score (nSPS) is 32.6. The van der Waals surface area contributed by atoms with Crippen LogP contribution in [-0.2, 0) is 4.74 Å². The van der Waals surface area contributed by atoms with Gasteiger partial charge in [-0.3, -0.25) is 11.3 Å². The molecule has 0 saturated heterocycles. The third-order valence-corrected chi connectivity index (χ3v) is 4.20. The zero-order valence-electron chi connectivity index (χ0n) is 11.0. The molecule has 0 heterocycles. The molecule has 0 aromatic carbocycles. The minimum Gasteiger partial charge on any atom is -0.382 e. The first-order chi connectivity index (χ1) is 7.69. The second-order valence-corrected chi connectivity index (χ2v) is 5.29. The van der Waals surface area contributed by atoms with E-state index >= 15 is 0 Å². The van der Waals surface area contributed by atoms with E-state index in [0.717, 1.165) is 37.4 Å². The van der Waals surface area contributed by atoms with Crippen molar-refractivity contribution in [3.8, 4) is 0 Å². The van der Waals surface area contributed by atoms with Gasteiger partial charge in [-0.25, -0.2) is 0 Å². The van der Waals surface area contributed by atoms with E-state index in [1.54, 1.807) is 0 Å². The molecule has 16 heavy (non-hydrogen) atoms. The highest BCUT2D eigenvalue weighted by molar-refractivity contribution is 4.82. The average molecular weight is 228 g/mol. The van der Waals surface area contributed by atoms with Crippen LogP contribution >= 0.6 is 0 Å². The summed E-state index contributed by atoms with van der Waals surface area (Å²) >= 11 is 0. The minimum absolute atomic E-state index is 0.432. The van der Waals surface area contributed by atoms with Crippen LogP contribution in [0.1, 0.15) is 46.5 Å². The van der Waals surface area contributed by atoms with Gasteiger partial charge in [0.2, 0.25) is 0 Å². The molecule has 3 nitrogen and oxygen atoms in total. The molecule has 0 aliphatic heterocycles. The quantitative estimate of drug-likeness (QED) is 0.417. The van der Waals surface area contributed by atoms with Crippen LogP contribution in [0.3, 0.4) is 0 Å². The highest BCUT2D eigenvalue weighted by atomic mass is 16.5. The van der Waals surface area contributed by atoms with Crippen molar-refractivity contribution < 1.29 is 4.74 Å². The van der Waals surface area contributed by atoms with Crippen LogP contribution in [0.5, 0.6) is 0 Å². The molecule has 0 aromatic rings. The SMILES string of the molecule is CCOCCC(NN)C1CCC(C)C(C)C1. The Hall–Kier alpha value is -0.120. The second kappa shape index (κ2) is 7.25. The second-order valence-electron chi connectivity index (χ2n) is 5.29. The van der Waals surface area contributed by atoms with Gasteiger partial charge in [0.15, 0.2) is 0 Å². The fourth-order valence-electron chi connectivity index (χ4n) is 2.76. The van der Waals surface area contributed by atoms with Gasteiger partial charge in [-0.05, 0) is 43.9 Å². The van der Waals surface area contributed by atoms with Crippen LogP contribution < -0.4 is 11.3 Å².